The summed E-state index contributed by atoms with van der Waals surface area (Å²) in [7, 11) is 3.22. The van der Waals surface area contributed by atoms with Crippen LogP contribution in [0.4, 0.5) is 0 Å². The van der Waals surface area contributed by atoms with Crippen molar-refractivity contribution in [1.82, 2.24) is 25.3 Å². The molecule has 4 rings (SSSR count). The number of hydrogen-bond acceptors (Lipinski definition) is 5. The minimum Gasteiger partial charge on any atom is -0.497 e. The zero-order valence-electron chi connectivity index (χ0n) is 20.1. The topological polar surface area (TPSA) is 106 Å². The van der Waals surface area contributed by atoms with Crippen LogP contribution < -0.4 is 15.4 Å². The van der Waals surface area contributed by atoms with Gasteiger partial charge in [-0.25, -0.2) is 0 Å². The number of rotatable bonds is 6. The molecule has 0 spiro atoms. The van der Waals surface area contributed by atoms with E-state index in [-0.39, 0.29) is 36.0 Å². The molecule has 34 heavy (non-hydrogen) atoms. The maximum Gasteiger partial charge on any atom is 0.272 e. The van der Waals surface area contributed by atoms with Gasteiger partial charge in [-0.2, -0.15) is 5.10 Å². The molecule has 9 nitrogen and oxygen atoms in total. The quantitative estimate of drug-likeness (QED) is 0.635. The predicted molar refractivity (Wildman–Crippen MR) is 127 cm³/mol. The van der Waals surface area contributed by atoms with E-state index in [4.69, 9.17) is 4.74 Å². The second-order valence-corrected chi connectivity index (χ2v) is 9.41. The van der Waals surface area contributed by atoms with Gasteiger partial charge in [0.2, 0.25) is 5.91 Å². The van der Waals surface area contributed by atoms with E-state index in [9.17, 15) is 14.4 Å². The molecule has 9 heteroatoms. The second-order valence-electron chi connectivity index (χ2n) is 9.41. The number of methoxy groups -OCH3 is 1. The van der Waals surface area contributed by atoms with E-state index in [0.717, 1.165) is 31.2 Å². The minimum absolute atomic E-state index is 0.132. The van der Waals surface area contributed by atoms with E-state index in [1.54, 1.807) is 21.1 Å². The van der Waals surface area contributed by atoms with Crippen LogP contribution in [-0.2, 0) is 17.9 Å². The highest BCUT2D eigenvalue weighted by Crippen LogP contribution is 2.27. The Bertz CT molecular complexity index is 1070. The normalized spacial score (nSPS) is 20.9. The third-order valence-corrected chi connectivity index (χ3v) is 7.00. The summed E-state index contributed by atoms with van der Waals surface area (Å²) in [5.74, 6) is -0.187. The van der Waals surface area contributed by atoms with Gasteiger partial charge in [0.15, 0.2) is 5.69 Å². The van der Waals surface area contributed by atoms with Crippen LogP contribution in [0.15, 0.2) is 30.3 Å². The molecule has 1 aliphatic heterocycles. The number of benzene rings is 1. The van der Waals surface area contributed by atoms with Crippen LogP contribution in [-0.4, -0.2) is 58.1 Å². The average molecular weight is 468 g/mol. The predicted octanol–water partition coefficient (Wildman–Crippen LogP) is 2.50. The lowest BCUT2D eigenvalue weighted by Gasteiger charge is -2.41. The van der Waals surface area contributed by atoms with E-state index < -0.39 is 5.54 Å². The average Bonchev–Trinajstić information content (AvgIpc) is 3.09. The SMILES string of the molecule is COc1cccc(CNC(=O)c2cc3n(n2)C[C@@](C)(C(=O)NC2CCCCCC2)N(C)C3=O)c1. The Morgan fingerprint density at radius 2 is 1.91 bits per heavy atom. The maximum atomic E-state index is 13.3. The molecule has 1 aromatic carbocycles. The van der Waals surface area contributed by atoms with Gasteiger partial charge in [0.05, 0.1) is 13.7 Å². The Morgan fingerprint density at radius 3 is 2.62 bits per heavy atom. The van der Waals surface area contributed by atoms with Crippen molar-refractivity contribution in [3.63, 3.8) is 0 Å². The second kappa shape index (κ2) is 9.87. The smallest absolute Gasteiger partial charge is 0.272 e. The summed E-state index contributed by atoms with van der Waals surface area (Å²) >= 11 is 0. The summed E-state index contributed by atoms with van der Waals surface area (Å²) in [6, 6.07) is 9.04. The third-order valence-electron chi connectivity index (χ3n) is 7.00. The number of nitrogens with zero attached hydrogens (tertiary/aromatic N) is 3. The Hall–Kier alpha value is -3.36. The van der Waals surface area contributed by atoms with Crippen molar-refractivity contribution < 1.29 is 19.1 Å². The Balaban J connectivity index is 1.46. The summed E-state index contributed by atoms with van der Waals surface area (Å²) in [4.78, 5) is 40.6. The summed E-state index contributed by atoms with van der Waals surface area (Å²) in [5, 5.41) is 10.4. The molecule has 0 radical (unpaired) electrons. The van der Waals surface area contributed by atoms with Gasteiger partial charge in [-0.05, 0) is 37.5 Å². The van der Waals surface area contributed by atoms with E-state index in [2.05, 4.69) is 15.7 Å². The first-order valence-corrected chi connectivity index (χ1v) is 11.9. The van der Waals surface area contributed by atoms with Gasteiger partial charge in [-0.3, -0.25) is 19.1 Å². The Labute approximate surface area is 199 Å². The number of carbonyl (C=O) groups excluding carboxylic acids is 3. The first-order chi connectivity index (χ1) is 16.3. The number of ether oxygens (including phenoxy) is 1. The molecule has 2 N–H and O–H groups in total. The van der Waals surface area contributed by atoms with E-state index in [1.165, 1.54) is 28.5 Å². The fraction of sp³-hybridized carbons (Fsp3) is 0.520. The molecule has 2 aliphatic rings. The monoisotopic (exact) mass is 467 g/mol. The van der Waals surface area contributed by atoms with Crippen molar-refractivity contribution in [2.45, 2.75) is 70.1 Å². The van der Waals surface area contributed by atoms with Gasteiger partial charge in [-0.1, -0.05) is 37.8 Å². The fourth-order valence-corrected chi connectivity index (χ4v) is 4.66. The number of nitrogens with one attached hydrogen (secondary N) is 2. The molecule has 2 heterocycles. The fourth-order valence-electron chi connectivity index (χ4n) is 4.66. The van der Waals surface area contributed by atoms with Gasteiger partial charge in [0.25, 0.3) is 11.8 Å². The van der Waals surface area contributed by atoms with Gasteiger partial charge in [0.1, 0.15) is 17.0 Å². The number of hydrogen-bond donors (Lipinski definition) is 2. The molecule has 1 aliphatic carbocycles. The van der Waals surface area contributed by atoms with Crippen LogP contribution in [0, 0.1) is 0 Å². The zero-order chi connectivity index (χ0) is 24.3. The highest BCUT2D eigenvalue weighted by molar-refractivity contribution is 6.01. The van der Waals surface area contributed by atoms with Gasteiger partial charge in [0, 0.05) is 25.7 Å². The number of amides is 3. The number of likely N-dealkylation sites (N-methyl/N-ethyl adjacent to an activating group) is 1. The molecular formula is C25H33N5O4. The Morgan fingerprint density at radius 1 is 1.18 bits per heavy atom. The van der Waals surface area contributed by atoms with E-state index in [1.807, 2.05) is 24.3 Å². The van der Waals surface area contributed by atoms with Crippen LogP contribution in [0.5, 0.6) is 5.75 Å². The zero-order valence-corrected chi connectivity index (χ0v) is 20.1. The molecule has 3 amide bonds. The standard InChI is InChI=1S/C25H33N5O4/c1-25(24(33)27-18-10-6-4-5-7-11-18)16-30-21(23(32)29(25)2)14-20(28-30)22(31)26-15-17-9-8-12-19(13-17)34-3/h8-9,12-14,18H,4-7,10-11,15-16H2,1-3H3,(H,26,31)(H,27,33)/t25-/m0/s1. The maximum absolute atomic E-state index is 13.3. The molecular weight excluding hydrogens is 434 g/mol. The molecule has 1 fully saturated rings. The molecule has 0 saturated heterocycles. The molecule has 0 unspecified atom stereocenters. The van der Waals surface area contributed by atoms with Crippen molar-refractivity contribution in [3.8, 4) is 5.75 Å². The van der Waals surface area contributed by atoms with Crippen molar-refractivity contribution >= 4 is 17.7 Å². The molecule has 182 valence electrons. The lowest BCUT2D eigenvalue weighted by Crippen LogP contribution is -2.63. The van der Waals surface area contributed by atoms with Crippen LogP contribution in [0.3, 0.4) is 0 Å². The summed E-state index contributed by atoms with van der Waals surface area (Å²) in [5.41, 5.74) is 0.244. The highest BCUT2D eigenvalue weighted by Gasteiger charge is 2.46. The van der Waals surface area contributed by atoms with E-state index >= 15 is 0 Å². The van der Waals surface area contributed by atoms with Crippen molar-refractivity contribution in [2.24, 2.45) is 0 Å². The van der Waals surface area contributed by atoms with Crippen LogP contribution in [0.25, 0.3) is 0 Å². The molecule has 1 saturated carbocycles. The lowest BCUT2D eigenvalue weighted by atomic mass is 9.95. The first kappa shape index (κ1) is 23.8. The van der Waals surface area contributed by atoms with Gasteiger partial charge < -0.3 is 20.3 Å². The number of carbonyl (C=O) groups is 3. The van der Waals surface area contributed by atoms with Crippen LogP contribution >= 0.6 is 0 Å². The first-order valence-electron chi connectivity index (χ1n) is 11.9. The van der Waals surface area contributed by atoms with Crippen molar-refractivity contribution in [3.05, 3.63) is 47.3 Å². The molecule has 1 aromatic heterocycles. The minimum atomic E-state index is -1.09. The van der Waals surface area contributed by atoms with Crippen LogP contribution in [0.1, 0.15) is 72.0 Å². The largest absolute Gasteiger partial charge is 0.497 e. The summed E-state index contributed by atoms with van der Waals surface area (Å²) < 4.78 is 6.69. The van der Waals surface area contributed by atoms with Crippen molar-refractivity contribution in [1.29, 1.82) is 0 Å². The van der Waals surface area contributed by atoms with Crippen molar-refractivity contribution in [2.75, 3.05) is 14.2 Å². The van der Waals surface area contributed by atoms with Crippen LogP contribution in [0.2, 0.25) is 0 Å². The highest BCUT2D eigenvalue weighted by atomic mass is 16.5. The molecule has 2 aromatic rings. The summed E-state index contributed by atoms with van der Waals surface area (Å²) in [6.07, 6.45) is 6.53. The number of aromatic nitrogens is 2. The Kier molecular flexibility index (Phi) is 6.90. The lowest BCUT2D eigenvalue weighted by molar-refractivity contribution is -0.133. The summed E-state index contributed by atoms with van der Waals surface area (Å²) in [6.45, 7) is 2.24. The molecule has 1 atom stereocenters. The molecule has 0 bridgehead atoms. The third kappa shape index (κ3) is 4.78. The van der Waals surface area contributed by atoms with E-state index in [0.29, 0.717) is 18.0 Å². The van der Waals surface area contributed by atoms with Gasteiger partial charge >= 0.3 is 0 Å². The number of fused-ring (bicyclic) bond motifs is 1. The van der Waals surface area contributed by atoms with Gasteiger partial charge in [-0.15, -0.1) is 0 Å².